The first kappa shape index (κ1) is 19.6. The summed E-state index contributed by atoms with van der Waals surface area (Å²) in [5.74, 6) is 0.0728. The number of hydrogen-bond acceptors (Lipinski definition) is 4. The zero-order chi connectivity index (χ0) is 19.9. The van der Waals surface area contributed by atoms with Gasteiger partial charge in [-0.15, -0.1) is 0 Å². The van der Waals surface area contributed by atoms with Crippen molar-refractivity contribution in [2.45, 2.75) is 38.5 Å². The standard InChI is InChI=1S/C24H22O4/c25-21(17-9-3-1-4-10-17)15-7-13-19-20(24(28)23(19)27)14-8-16-22(26)18-11-5-2-6-12-18/h1-6,9-12H,7-8,13-16H2. The van der Waals surface area contributed by atoms with Crippen molar-refractivity contribution in [3.05, 3.63) is 103 Å². The number of ketones is 2. The molecule has 0 amide bonds. The molecule has 142 valence electrons. The molecule has 28 heavy (non-hydrogen) atoms. The molecule has 0 fully saturated rings. The summed E-state index contributed by atoms with van der Waals surface area (Å²) in [5.41, 5.74) is 1.53. The second kappa shape index (κ2) is 9.18. The lowest BCUT2D eigenvalue weighted by molar-refractivity contribution is 0.0971. The molecular formula is C24H22O4. The molecule has 3 aromatic rings. The normalized spacial score (nSPS) is 10.9. The number of carbonyl (C=O) groups excluding carboxylic acids is 2. The molecule has 0 bridgehead atoms. The Morgan fingerprint density at radius 3 is 1.29 bits per heavy atom. The first-order valence-corrected chi connectivity index (χ1v) is 9.55. The van der Waals surface area contributed by atoms with Gasteiger partial charge in [-0.3, -0.25) is 19.2 Å². The largest absolute Gasteiger partial charge is 0.294 e. The van der Waals surface area contributed by atoms with Crippen LogP contribution in [0.5, 0.6) is 0 Å². The summed E-state index contributed by atoms with van der Waals surface area (Å²) in [6, 6.07) is 18.1. The van der Waals surface area contributed by atoms with Gasteiger partial charge in [-0.25, -0.2) is 0 Å². The Morgan fingerprint density at radius 1 is 0.571 bits per heavy atom. The van der Waals surface area contributed by atoms with E-state index in [2.05, 4.69) is 0 Å². The molecule has 0 aliphatic carbocycles. The second-order valence-corrected chi connectivity index (χ2v) is 6.90. The summed E-state index contributed by atoms with van der Waals surface area (Å²) >= 11 is 0. The van der Waals surface area contributed by atoms with Gasteiger partial charge in [-0.2, -0.15) is 0 Å². The number of benzene rings is 2. The quantitative estimate of drug-likeness (QED) is 0.401. The third-order valence-electron chi connectivity index (χ3n) is 4.97. The zero-order valence-electron chi connectivity index (χ0n) is 15.6. The van der Waals surface area contributed by atoms with Crippen molar-refractivity contribution in [1.29, 1.82) is 0 Å². The summed E-state index contributed by atoms with van der Waals surface area (Å²) in [4.78, 5) is 48.0. The molecule has 0 aliphatic rings. The molecule has 3 aromatic carbocycles. The minimum atomic E-state index is -0.434. The number of hydrogen-bond donors (Lipinski definition) is 0. The average molecular weight is 374 g/mol. The predicted octanol–water partition coefficient (Wildman–Crippen LogP) is 3.69. The summed E-state index contributed by atoms with van der Waals surface area (Å²) in [5, 5.41) is 0. The van der Waals surface area contributed by atoms with Crippen molar-refractivity contribution in [1.82, 2.24) is 0 Å². The molecule has 0 N–H and O–H groups in total. The maximum atomic E-state index is 12.1. The van der Waals surface area contributed by atoms with E-state index in [4.69, 9.17) is 0 Å². The Hall–Kier alpha value is -3.14. The topological polar surface area (TPSA) is 68.3 Å². The molecule has 4 heteroatoms. The van der Waals surface area contributed by atoms with Gasteiger partial charge in [0.2, 0.25) is 10.9 Å². The van der Waals surface area contributed by atoms with Crippen LogP contribution in [0.2, 0.25) is 0 Å². The Balaban J connectivity index is 1.50. The lowest BCUT2D eigenvalue weighted by Gasteiger charge is -2.10. The molecule has 0 aromatic heterocycles. The first-order chi connectivity index (χ1) is 13.6. The average Bonchev–Trinajstić information content (AvgIpc) is 2.75. The van der Waals surface area contributed by atoms with E-state index in [0.29, 0.717) is 60.8 Å². The highest BCUT2D eigenvalue weighted by atomic mass is 16.2. The molecule has 4 nitrogen and oxygen atoms in total. The highest BCUT2D eigenvalue weighted by Crippen LogP contribution is 2.13. The van der Waals surface area contributed by atoms with Gasteiger partial charge in [0.1, 0.15) is 0 Å². The first-order valence-electron chi connectivity index (χ1n) is 9.55. The van der Waals surface area contributed by atoms with Crippen LogP contribution in [0.15, 0.2) is 70.3 Å². The SMILES string of the molecule is O=C(CCCc1c(CCCC(=O)c2ccccc2)c(=O)c1=O)c1ccccc1. The van der Waals surface area contributed by atoms with Gasteiger partial charge in [0.15, 0.2) is 11.6 Å². The van der Waals surface area contributed by atoms with Gasteiger partial charge in [0.05, 0.1) is 0 Å². The molecule has 0 aliphatic heterocycles. The summed E-state index contributed by atoms with van der Waals surface area (Å²) in [6.45, 7) is 0. The van der Waals surface area contributed by atoms with E-state index in [1.54, 1.807) is 24.3 Å². The number of carbonyl (C=O) groups is 2. The molecule has 0 atom stereocenters. The maximum Gasteiger partial charge on any atom is 0.229 e. The van der Waals surface area contributed by atoms with E-state index in [1.807, 2.05) is 36.4 Å². The highest BCUT2D eigenvalue weighted by Gasteiger charge is 2.20. The third kappa shape index (κ3) is 4.58. The van der Waals surface area contributed by atoms with Crippen molar-refractivity contribution < 1.29 is 9.59 Å². The summed E-state index contributed by atoms with van der Waals surface area (Å²) < 4.78 is 0. The second-order valence-electron chi connectivity index (χ2n) is 6.90. The highest BCUT2D eigenvalue weighted by molar-refractivity contribution is 5.96. The molecule has 3 rings (SSSR count). The van der Waals surface area contributed by atoms with Gasteiger partial charge in [0, 0.05) is 35.1 Å². The number of Topliss-reactive ketones (excluding diaryl/α,β-unsaturated/α-hetero) is 2. The zero-order valence-corrected chi connectivity index (χ0v) is 15.6. The van der Waals surface area contributed by atoms with Crippen molar-refractivity contribution in [3.63, 3.8) is 0 Å². The molecular weight excluding hydrogens is 352 g/mol. The van der Waals surface area contributed by atoms with Crippen LogP contribution >= 0.6 is 0 Å². The van der Waals surface area contributed by atoms with Crippen LogP contribution in [0, 0.1) is 0 Å². The van der Waals surface area contributed by atoms with Crippen molar-refractivity contribution in [3.8, 4) is 0 Å². The third-order valence-corrected chi connectivity index (χ3v) is 4.97. The Morgan fingerprint density at radius 2 is 0.929 bits per heavy atom. The lowest BCUT2D eigenvalue weighted by Crippen LogP contribution is -2.40. The predicted molar refractivity (Wildman–Crippen MR) is 109 cm³/mol. The number of rotatable bonds is 10. The minimum absolute atomic E-state index is 0.0364. The van der Waals surface area contributed by atoms with Gasteiger partial charge in [0.25, 0.3) is 0 Å². The van der Waals surface area contributed by atoms with E-state index < -0.39 is 10.9 Å². The van der Waals surface area contributed by atoms with Gasteiger partial charge in [-0.05, 0) is 25.7 Å². The van der Waals surface area contributed by atoms with Crippen LogP contribution in [0.4, 0.5) is 0 Å². The van der Waals surface area contributed by atoms with Crippen LogP contribution in [0.3, 0.4) is 0 Å². The van der Waals surface area contributed by atoms with Crippen molar-refractivity contribution in [2.75, 3.05) is 0 Å². The summed E-state index contributed by atoms with van der Waals surface area (Å²) in [6.07, 6.45) is 2.63. The van der Waals surface area contributed by atoms with Crippen molar-refractivity contribution in [2.24, 2.45) is 0 Å². The van der Waals surface area contributed by atoms with Crippen LogP contribution < -0.4 is 10.9 Å². The molecule has 0 saturated carbocycles. The van der Waals surface area contributed by atoms with E-state index in [9.17, 15) is 19.2 Å². The Labute approximate surface area is 163 Å². The maximum absolute atomic E-state index is 12.1. The van der Waals surface area contributed by atoms with E-state index in [1.165, 1.54) is 0 Å². The Kier molecular flexibility index (Phi) is 6.43. The fourth-order valence-corrected chi connectivity index (χ4v) is 3.40. The molecule has 0 heterocycles. The fraction of sp³-hybridized carbons (Fsp3) is 0.250. The molecule has 0 radical (unpaired) electrons. The monoisotopic (exact) mass is 374 g/mol. The minimum Gasteiger partial charge on any atom is -0.294 e. The molecule has 0 unspecified atom stereocenters. The smallest absolute Gasteiger partial charge is 0.229 e. The van der Waals surface area contributed by atoms with Gasteiger partial charge < -0.3 is 0 Å². The molecule has 0 spiro atoms. The van der Waals surface area contributed by atoms with Crippen LogP contribution in [0.25, 0.3) is 0 Å². The molecule has 0 saturated heterocycles. The van der Waals surface area contributed by atoms with E-state index in [-0.39, 0.29) is 11.6 Å². The van der Waals surface area contributed by atoms with Crippen molar-refractivity contribution >= 4 is 11.6 Å². The fourth-order valence-electron chi connectivity index (χ4n) is 3.40. The van der Waals surface area contributed by atoms with Crippen LogP contribution in [-0.2, 0) is 12.8 Å². The Bertz CT molecular complexity index is 940. The van der Waals surface area contributed by atoms with Gasteiger partial charge >= 0.3 is 0 Å². The van der Waals surface area contributed by atoms with Crippen LogP contribution in [-0.4, -0.2) is 11.6 Å². The van der Waals surface area contributed by atoms with E-state index >= 15 is 0 Å². The van der Waals surface area contributed by atoms with E-state index in [0.717, 1.165) is 0 Å². The van der Waals surface area contributed by atoms with Crippen LogP contribution in [0.1, 0.15) is 57.5 Å². The van der Waals surface area contributed by atoms with Gasteiger partial charge in [-0.1, -0.05) is 60.7 Å². The lowest BCUT2D eigenvalue weighted by atomic mass is 9.91. The summed E-state index contributed by atoms with van der Waals surface area (Å²) in [7, 11) is 0.